The van der Waals surface area contributed by atoms with E-state index in [1.165, 1.54) is 11.1 Å². The Hall–Kier alpha value is -2.23. The summed E-state index contributed by atoms with van der Waals surface area (Å²) in [5.74, 6) is 0. The zero-order valence-electron chi connectivity index (χ0n) is 16.3. The molecule has 25 heavy (non-hydrogen) atoms. The Bertz CT molecular complexity index is 710. The molecular weight excluding hydrogens is 310 g/mol. The van der Waals surface area contributed by atoms with Gasteiger partial charge in [0.1, 0.15) is 0 Å². The van der Waals surface area contributed by atoms with Crippen LogP contribution in [0.1, 0.15) is 51.4 Å². The molecule has 4 nitrogen and oxygen atoms in total. The SMILES string of the molecule is Cc1cccc(Cn2cccc2CN(C(=O)NC(C)(C)C)C(C)C)c1. The monoisotopic (exact) mass is 341 g/mol. The van der Waals surface area contributed by atoms with Gasteiger partial charge < -0.3 is 14.8 Å². The first-order chi connectivity index (χ1) is 11.7. The van der Waals surface area contributed by atoms with Crippen LogP contribution in [0.4, 0.5) is 4.79 Å². The van der Waals surface area contributed by atoms with Gasteiger partial charge in [-0.2, -0.15) is 0 Å². The van der Waals surface area contributed by atoms with Crippen LogP contribution in [0.15, 0.2) is 42.6 Å². The quantitative estimate of drug-likeness (QED) is 0.850. The molecule has 0 saturated carbocycles. The Labute approximate surface area is 151 Å². The third-order valence-corrected chi connectivity index (χ3v) is 4.06. The fourth-order valence-corrected chi connectivity index (χ4v) is 2.81. The normalized spacial score (nSPS) is 11.6. The summed E-state index contributed by atoms with van der Waals surface area (Å²) in [5, 5.41) is 3.07. The zero-order chi connectivity index (χ0) is 18.6. The van der Waals surface area contributed by atoms with Gasteiger partial charge >= 0.3 is 6.03 Å². The van der Waals surface area contributed by atoms with Gasteiger partial charge in [-0.25, -0.2) is 4.79 Å². The van der Waals surface area contributed by atoms with E-state index < -0.39 is 0 Å². The Morgan fingerprint density at radius 3 is 2.52 bits per heavy atom. The van der Waals surface area contributed by atoms with Gasteiger partial charge in [-0.15, -0.1) is 0 Å². The minimum Gasteiger partial charge on any atom is -0.345 e. The second kappa shape index (κ2) is 7.77. The van der Waals surface area contributed by atoms with Crippen LogP contribution in [0.5, 0.6) is 0 Å². The van der Waals surface area contributed by atoms with Crippen molar-refractivity contribution in [3.8, 4) is 0 Å². The number of hydrogen-bond acceptors (Lipinski definition) is 1. The number of benzene rings is 1. The van der Waals surface area contributed by atoms with Crippen molar-refractivity contribution in [3.63, 3.8) is 0 Å². The number of aryl methyl sites for hydroxylation is 1. The lowest BCUT2D eigenvalue weighted by atomic mass is 10.1. The van der Waals surface area contributed by atoms with Gasteiger partial charge in [0.2, 0.25) is 0 Å². The van der Waals surface area contributed by atoms with E-state index in [-0.39, 0.29) is 17.6 Å². The number of rotatable bonds is 5. The number of amides is 2. The van der Waals surface area contributed by atoms with E-state index in [1.54, 1.807) is 0 Å². The molecule has 1 aromatic carbocycles. The van der Waals surface area contributed by atoms with Gasteiger partial charge in [-0.1, -0.05) is 29.8 Å². The first kappa shape index (κ1) is 19.1. The molecule has 0 spiro atoms. The molecular formula is C21H31N3O. The third kappa shape index (κ3) is 5.66. The molecule has 0 aliphatic carbocycles. The number of nitrogens with one attached hydrogen (secondary N) is 1. The van der Waals surface area contributed by atoms with Crippen molar-refractivity contribution in [1.82, 2.24) is 14.8 Å². The lowest BCUT2D eigenvalue weighted by molar-refractivity contribution is 0.169. The molecule has 0 radical (unpaired) electrons. The summed E-state index contributed by atoms with van der Waals surface area (Å²) in [5.41, 5.74) is 3.43. The summed E-state index contributed by atoms with van der Waals surface area (Å²) in [6, 6.07) is 12.8. The minimum absolute atomic E-state index is 0.0224. The van der Waals surface area contributed by atoms with Crippen molar-refractivity contribution in [2.24, 2.45) is 0 Å². The van der Waals surface area contributed by atoms with Crippen molar-refractivity contribution < 1.29 is 4.79 Å². The van der Waals surface area contributed by atoms with E-state index in [1.807, 2.05) is 31.7 Å². The van der Waals surface area contributed by atoms with Crippen LogP contribution in [-0.2, 0) is 13.1 Å². The lowest BCUT2D eigenvalue weighted by Gasteiger charge is -2.31. The van der Waals surface area contributed by atoms with Crippen molar-refractivity contribution in [2.75, 3.05) is 0 Å². The second-order valence-corrected chi connectivity index (χ2v) is 8.02. The second-order valence-electron chi connectivity index (χ2n) is 8.02. The molecule has 0 saturated heterocycles. The van der Waals surface area contributed by atoms with Crippen LogP contribution in [0.25, 0.3) is 0 Å². The van der Waals surface area contributed by atoms with E-state index >= 15 is 0 Å². The van der Waals surface area contributed by atoms with Crippen LogP contribution in [0.3, 0.4) is 0 Å². The highest BCUT2D eigenvalue weighted by atomic mass is 16.2. The maximum absolute atomic E-state index is 12.6. The Kier molecular flexibility index (Phi) is 5.93. The smallest absolute Gasteiger partial charge is 0.318 e. The summed E-state index contributed by atoms with van der Waals surface area (Å²) in [6.45, 7) is 13.6. The summed E-state index contributed by atoms with van der Waals surface area (Å²) in [6.07, 6.45) is 2.08. The van der Waals surface area contributed by atoms with E-state index in [0.717, 1.165) is 12.2 Å². The van der Waals surface area contributed by atoms with Gasteiger partial charge in [-0.3, -0.25) is 0 Å². The van der Waals surface area contributed by atoms with Crippen molar-refractivity contribution in [2.45, 2.75) is 66.2 Å². The number of urea groups is 1. The van der Waals surface area contributed by atoms with Crippen molar-refractivity contribution >= 4 is 6.03 Å². The molecule has 0 fully saturated rings. The number of nitrogens with zero attached hydrogens (tertiary/aromatic N) is 2. The third-order valence-electron chi connectivity index (χ3n) is 4.06. The van der Waals surface area contributed by atoms with Crippen LogP contribution in [0.2, 0.25) is 0 Å². The molecule has 1 aromatic heterocycles. The molecule has 2 amide bonds. The number of aromatic nitrogens is 1. The molecule has 1 heterocycles. The minimum atomic E-state index is -0.242. The molecule has 2 rings (SSSR count). The first-order valence-corrected chi connectivity index (χ1v) is 8.94. The number of hydrogen-bond donors (Lipinski definition) is 1. The van der Waals surface area contributed by atoms with E-state index in [4.69, 9.17) is 0 Å². The topological polar surface area (TPSA) is 37.3 Å². The molecule has 4 heteroatoms. The Balaban J connectivity index is 2.15. The summed E-state index contributed by atoms with van der Waals surface area (Å²) >= 11 is 0. The molecule has 0 unspecified atom stereocenters. The maximum Gasteiger partial charge on any atom is 0.318 e. The number of carbonyl (C=O) groups is 1. The fourth-order valence-electron chi connectivity index (χ4n) is 2.81. The highest BCUT2D eigenvalue weighted by Crippen LogP contribution is 2.14. The zero-order valence-corrected chi connectivity index (χ0v) is 16.3. The highest BCUT2D eigenvalue weighted by Gasteiger charge is 2.22. The Morgan fingerprint density at radius 2 is 1.92 bits per heavy atom. The van der Waals surface area contributed by atoms with Crippen LogP contribution < -0.4 is 5.32 Å². The van der Waals surface area contributed by atoms with Crippen molar-refractivity contribution in [1.29, 1.82) is 0 Å². The standard InChI is InChI=1S/C21H31N3O/c1-16(2)24(20(25)22-21(4,5)6)15-19-11-8-12-23(19)14-18-10-7-9-17(3)13-18/h7-13,16H,14-15H2,1-6H3,(H,22,25). The largest absolute Gasteiger partial charge is 0.345 e. The molecule has 136 valence electrons. The van der Waals surface area contributed by atoms with Crippen LogP contribution in [0, 0.1) is 6.92 Å². The first-order valence-electron chi connectivity index (χ1n) is 8.94. The summed E-state index contributed by atoms with van der Waals surface area (Å²) in [7, 11) is 0. The molecule has 0 aliphatic heterocycles. The van der Waals surface area contributed by atoms with Crippen LogP contribution >= 0.6 is 0 Å². The predicted molar refractivity (Wildman–Crippen MR) is 104 cm³/mol. The van der Waals surface area contributed by atoms with E-state index in [2.05, 4.69) is 67.2 Å². The van der Waals surface area contributed by atoms with Gasteiger partial charge in [-0.05, 0) is 59.2 Å². The summed E-state index contributed by atoms with van der Waals surface area (Å²) in [4.78, 5) is 14.5. The molecule has 0 aliphatic rings. The average molecular weight is 341 g/mol. The van der Waals surface area contributed by atoms with Gasteiger partial charge in [0.05, 0.1) is 6.54 Å². The number of carbonyl (C=O) groups excluding carboxylic acids is 1. The predicted octanol–water partition coefficient (Wildman–Crippen LogP) is 4.56. The van der Waals surface area contributed by atoms with Gasteiger partial charge in [0.25, 0.3) is 0 Å². The molecule has 1 N–H and O–H groups in total. The molecule has 2 aromatic rings. The molecule has 0 atom stereocenters. The van der Waals surface area contributed by atoms with Gasteiger partial charge in [0, 0.05) is 30.0 Å². The molecule has 0 bridgehead atoms. The lowest BCUT2D eigenvalue weighted by Crippen LogP contribution is -2.50. The van der Waals surface area contributed by atoms with Crippen LogP contribution in [-0.4, -0.2) is 27.1 Å². The van der Waals surface area contributed by atoms with E-state index in [0.29, 0.717) is 6.54 Å². The van der Waals surface area contributed by atoms with Gasteiger partial charge in [0.15, 0.2) is 0 Å². The van der Waals surface area contributed by atoms with E-state index in [9.17, 15) is 4.79 Å². The maximum atomic E-state index is 12.6. The summed E-state index contributed by atoms with van der Waals surface area (Å²) < 4.78 is 2.22. The fraction of sp³-hybridized carbons (Fsp3) is 0.476. The Morgan fingerprint density at radius 1 is 1.20 bits per heavy atom. The van der Waals surface area contributed by atoms with Crippen molar-refractivity contribution in [3.05, 3.63) is 59.4 Å². The highest BCUT2D eigenvalue weighted by molar-refractivity contribution is 5.75. The average Bonchev–Trinajstić information content (AvgIpc) is 2.89.